The zero-order valence-corrected chi connectivity index (χ0v) is 22.9. The summed E-state index contributed by atoms with van der Waals surface area (Å²) >= 11 is 0. The third-order valence-corrected chi connectivity index (χ3v) is 7.57. The number of hydrogen-bond acceptors (Lipinski definition) is 7. The first kappa shape index (κ1) is 27.8. The van der Waals surface area contributed by atoms with Crippen molar-refractivity contribution in [3.8, 4) is 11.5 Å². The summed E-state index contributed by atoms with van der Waals surface area (Å²) in [6, 6.07) is 24.5. The van der Waals surface area contributed by atoms with E-state index in [9.17, 15) is 19.7 Å². The molecule has 0 aliphatic carbocycles. The minimum Gasteiger partial charge on any atom is -0.457 e. The van der Waals surface area contributed by atoms with Crippen LogP contribution in [0.4, 0.5) is 5.69 Å². The number of non-ortho nitro benzene ring substituents is 1. The first-order chi connectivity index (χ1) is 20.9. The van der Waals surface area contributed by atoms with Crippen LogP contribution in [-0.2, 0) is 0 Å². The number of ether oxygens (including phenoxy) is 1. The van der Waals surface area contributed by atoms with Gasteiger partial charge < -0.3 is 25.6 Å². The Bertz CT molecular complexity index is 1810. The topological polar surface area (TPSA) is 151 Å². The van der Waals surface area contributed by atoms with Gasteiger partial charge in [0.2, 0.25) is 0 Å². The van der Waals surface area contributed by atoms with Gasteiger partial charge in [-0.15, -0.1) is 0 Å². The van der Waals surface area contributed by atoms with Gasteiger partial charge in [0.1, 0.15) is 11.5 Å². The maximum absolute atomic E-state index is 12.6. The largest absolute Gasteiger partial charge is 0.457 e. The van der Waals surface area contributed by atoms with Gasteiger partial charge in [0.05, 0.1) is 18.1 Å². The van der Waals surface area contributed by atoms with Crippen LogP contribution in [-0.4, -0.2) is 53.3 Å². The molecule has 5 aromatic carbocycles. The summed E-state index contributed by atoms with van der Waals surface area (Å²) in [7, 11) is 0. The van der Waals surface area contributed by atoms with Gasteiger partial charge in [0, 0.05) is 53.4 Å². The number of nitro benzene ring substituents is 1. The minimum atomic E-state index is -0.478. The molecule has 0 spiro atoms. The molecule has 0 radical (unpaired) electrons. The molecule has 0 fully saturated rings. The molecule has 4 N–H and O–H groups in total. The van der Waals surface area contributed by atoms with Gasteiger partial charge in [-0.3, -0.25) is 19.7 Å². The van der Waals surface area contributed by atoms with E-state index in [2.05, 4.69) is 10.6 Å². The maximum atomic E-state index is 12.6. The molecule has 10 nitrogen and oxygen atoms in total. The number of fused-ring (bicyclic) bond motifs is 6. The van der Waals surface area contributed by atoms with E-state index in [1.807, 2.05) is 42.5 Å². The zero-order chi connectivity index (χ0) is 30.1. The fraction of sp³-hybridized carbons (Fsp3) is 0.152. The summed E-state index contributed by atoms with van der Waals surface area (Å²) in [4.78, 5) is 36.6. The number of nitro groups is 1. The van der Waals surface area contributed by atoms with E-state index in [0.29, 0.717) is 28.2 Å². The van der Waals surface area contributed by atoms with Gasteiger partial charge in [-0.2, -0.15) is 0 Å². The second-order valence-electron chi connectivity index (χ2n) is 10.2. The Morgan fingerprint density at radius 2 is 1.28 bits per heavy atom. The van der Waals surface area contributed by atoms with Crippen molar-refractivity contribution in [3.05, 3.63) is 123 Å². The van der Waals surface area contributed by atoms with E-state index in [-0.39, 0.29) is 43.8 Å². The van der Waals surface area contributed by atoms with Gasteiger partial charge in [-0.05, 0) is 63.5 Å². The van der Waals surface area contributed by atoms with E-state index in [4.69, 9.17) is 14.9 Å². The Balaban J connectivity index is 1.57. The van der Waals surface area contributed by atoms with E-state index < -0.39 is 10.8 Å². The van der Waals surface area contributed by atoms with Gasteiger partial charge in [-0.25, -0.2) is 0 Å². The Morgan fingerprint density at radius 1 is 0.744 bits per heavy atom. The average molecular weight is 578 g/mol. The normalized spacial score (nSPS) is 12.3. The van der Waals surface area contributed by atoms with Crippen LogP contribution in [0.2, 0.25) is 0 Å². The average Bonchev–Trinajstić information content (AvgIpc) is 3.04. The summed E-state index contributed by atoms with van der Waals surface area (Å²) in [5.41, 5.74) is 3.10. The Hall–Kier alpha value is -5.32. The molecule has 0 aromatic heterocycles. The molecule has 0 saturated carbocycles. The van der Waals surface area contributed by atoms with E-state index in [0.717, 1.165) is 32.7 Å². The van der Waals surface area contributed by atoms with Crippen molar-refractivity contribution in [1.82, 2.24) is 10.6 Å². The number of rotatable bonds is 8. The molecular formula is C33H27N3O7. The molecule has 5 aromatic rings. The second-order valence-corrected chi connectivity index (χ2v) is 10.2. The van der Waals surface area contributed by atoms with Crippen LogP contribution < -0.4 is 15.4 Å². The lowest BCUT2D eigenvalue weighted by Crippen LogP contribution is -2.26. The van der Waals surface area contributed by atoms with Crippen molar-refractivity contribution in [2.24, 2.45) is 0 Å². The predicted octanol–water partition coefficient (Wildman–Crippen LogP) is 4.63. The molecule has 216 valence electrons. The number of carbonyl (C=O) groups excluding carboxylic acids is 2. The molecule has 6 rings (SSSR count). The number of amides is 2. The van der Waals surface area contributed by atoms with Gasteiger partial charge in [-0.1, -0.05) is 36.4 Å². The minimum absolute atomic E-state index is 0.0433. The lowest BCUT2D eigenvalue weighted by atomic mass is 9.78. The number of hydrogen-bond donors (Lipinski definition) is 4. The summed E-state index contributed by atoms with van der Waals surface area (Å²) in [5.74, 6) is 0.0847. The van der Waals surface area contributed by atoms with Crippen LogP contribution in [0.15, 0.2) is 84.9 Å². The second kappa shape index (κ2) is 11.5. The van der Waals surface area contributed by atoms with Crippen molar-refractivity contribution >= 4 is 39.0 Å². The smallest absolute Gasteiger partial charge is 0.269 e. The molecule has 43 heavy (non-hydrogen) atoms. The molecule has 1 heterocycles. The highest BCUT2D eigenvalue weighted by molar-refractivity contribution is 6.02. The van der Waals surface area contributed by atoms with E-state index in [1.165, 1.54) is 6.07 Å². The monoisotopic (exact) mass is 577 g/mol. The molecule has 1 aliphatic heterocycles. The number of nitrogens with zero attached hydrogens (tertiary/aromatic N) is 1. The lowest BCUT2D eigenvalue weighted by Gasteiger charge is -2.31. The fourth-order valence-electron chi connectivity index (χ4n) is 5.68. The van der Waals surface area contributed by atoms with Crippen LogP contribution in [0.1, 0.15) is 43.3 Å². The third kappa shape index (κ3) is 5.14. The first-order valence-electron chi connectivity index (χ1n) is 13.7. The number of aliphatic hydroxyl groups is 2. The molecule has 1 aliphatic rings. The molecular weight excluding hydrogens is 550 g/mol. The van der Waals surface area contributed by atoms with E-state index >= 15 is 0 Å². The van der Waals surface area contributed by atoms with Crippen LogP contribution in [0.3, 0.4) is 0 Å². The van der Waals surface area contributed by atoms with Gasteiger partial charge in [0.25, 0.3) is 17.5 Å². The van der Waals surface area contributed by atoms with Crippen LogP contribution >= 0.6 is 0 Å². The third-order valence-electron chi connectivity index (χ3n) is 7.57. The number of carbonyl (C=O) groups is 2. The van der Waals surface area contributed by atoms with Gasteiger partial charge in [0.15, 0.2) is 0 Å². The fourth-order valence-corrected chi connectivity index (χ4v) is 5.68. The molecule has 10 heteroatoms. The quantitative estimate of drug-likeness (QED) is 0.152. The highest BCUT2D eigenvalue weighted by Crippen LogP contribution is 2.52. The lowest BCUT2D eigenvalue weighted by molar-refractivity contribution is -0.384. The van der Waals surface area contributed by atoms with Crippen LogP contribution in [0.25, 0.3) is 21.5 Å². The highest BCUT2D eigenvalue weighted by Gasteiger charge is 2.33. The summed E-state index contributed by atoms with van der Waals surface area (Å²) in [6.45, 7) is -0.0641. The van der Waals surface area contributed by atoms with Crippen molar-refractivity contribution in [2.45, 2.75) is 5.92 Å². The first-order valence-corrected chi connectivity index (χ1v) is 13.7. The predicted molar refractivity (Wildman–Crippen MR) is 161 cm³/mol. The van der Waals surface area contributed by atoms with Crippen molar-refractivity contribution in [1.29, 1.82) is 0 Å². The molecule has 2 amide bonds. The Kier molecular flexibility index (Phi) is 7.45. The van der Waals surface area contributed by atoms with Gasteiger partial charge >= 0.3 is 0 Å². The zero-order valence-electron chi connectivity index (χ0n) is 22.9. The summed E-state index contributed by atoms with van der Waals surface area (Å²) in [6.07, 6.45) is 0. The highest BCUT2D eigenvalue weighted by atomic mass is 16.6. The molecule has 0 saturated heterocycles. The van der Waals surface area contributed by atoms with Crippen molar-refractivity contribution < 1.29 is 29.5 Å². The van der Waals surface area contributed by atoms with Crippen LogP contribution in [0.5, 0.6) is 11.5 Å². The number of nitrogens with one attached hydrogen (secondary N) is 2. The number of benzene rings is 5. The van der Waals surface area contributed by atoms with E-state index in [1.54, 1.807) is 36.4 Å². The van der Waals surface area contributed by atoms with Crippen molar-refractivity contribution in [3.63, 3.8) is 0 Å². The van der Waals surface area contributed by atoms with Crippen molar-refractivity contribution in [2.75, 3.05) is 26.3 Å². The molecule has 0 atom stereocenters. The summed E-state index contributed by atoms with van der Waals surface area (Å²) < 4.78 is 6.44. The Labute approximate surface area is 245 Å². The maximum Gasteiger partial charge on any atom is 0.269 e. The van der Waals surface area contributed by atoms with Crippen LogP contribution in [0, 0.1) is 10.1 Å². The Morgan fingerprint density at radius 3 is 1.77 bits per heavy atom. The standard InChI is InChI=1S/C33H27N3O7/c37-14-12-34-32(39)22-4-8-25-19(16-22)6-10-27-30(25)29(21-2-1-3-24(18-21)36(41)42)31-26-9-5-23(33(40)35-13-15-38)17-20(26)7-11-28(31)43-27/h1-11,16-18,29,37-38H,12-15H2,(H,34,39)(H,35,40). The molecule has 0 unspecified atom stereocenters. The SMILES string of the molecule is O=C(NCCO)c1ccc2c3c(ccc2c1)Oc1ccc2cc(C(=O)NCCO)ccc2c1C3c1cccc([N+](=O)[O-])c1. The summed E-state index contributed by atoms with van der Waals surface area (Å²) in [5, 5.41) is 38.5. The molecule has 0 bridgehead atoms. The number of aliphatic hydroxyl groups excluding tert-OH is 2.